The lowest BCUT2D eigenvalue weighted by atomic mass is 9.99. The lowest BCUT2D eigenvalue weighted by Gasteiger charge is -2.38. The highest BCUT2D eigenvalue weighted by atomic mass is 19.1. The molecule has 6 heteroatoms. The predicted octanol–water partition coefficient (Wildman–Crippen LogP) is 1.17. The second-order valence-corrected chi connectivity index (χ2v) is 6.14. The van der Waals surface area contributed by atoms with Crippen LogP contribution in [0.25, 0.3) is 0 Å². The summed E-state index contributed by atoms with van der Waals surface area (Å²) in [5.74, 6) is -0.529. The molecule has 1 aromatic rings. The molecule has 3 rings (SSSR count). The SMILES string of the molecule is CCN1CC(C(=O)N2CCNCC2c2cccc(F)c2)CC1=O. The second-order valence-electron chi connectivity index (χ2n) is 6.14. The minimum absolute atomic E-state index is 0.00469. The maximum Gasteiger partial charge on any atom is 0.228 e. The number of likely N-dealkylation sites (tertiary alicyclic amines) is 1. The van der Waals surface area contributed by atoms with Crippen molar-refractivity contribution in [3.05, 3.63) is 35.6 Å². The molecular formula is C17H22FN3O2. The Kier molecular flexibility index (Phi) is 4.61. The van der Waals surface area contributed by atoms with Gasteiger partial charge in [0.15, 0.2) is 0 Å². The van der Waals surface area contributed by atoms with Crippen LogP contribution in [0.2, 0.25) is 0 Å². The Morgan fingerprint density at radius 1 is 1.43 bits per heavy atom. The van der Waals surface area contributed by atoms with Crippen LogP contribution < -0.4 is 5.32 Å². The molecule has 5 nitrogen and oxygen atoms in total. The molecule has 2 amide bonds. The molecule has 124 valence electrons. The Morgan fingerprint density at radius 3 is 2.96 bits per heavy atom. The number of piperazine rings is 1. The summed E-state index contributed by atoms with van der Waals surface area (Å²) in [5, 5.41) is 3.26. The number of hydrogen-bond donors (Lipinski definition) is 1. The molecule has 23 heavy (non-hydrogen) atoms. The van der Waals surface area contributed by atoms with Crippen LogP contribution >= 0.6 is 0 Å². The standard InChI is InChI=1S/C17H22FN3O2/c1-2-20-11-13(9-16(20)22)17(23)21-7-6-19-10-15(21)12-4-3-5-14(18)8-12/h3-5,8,13,15,19H,2,6-7,9-11H2,1H3. The fourth-order valence-corrected chi connectivity index (χ4v) is 3.46. The molecule has 2 unspecified atom stereocenters. The van der Waals surface area contributed by atoms with E-state index >= 15 is 0 Å². The van der Waals surface area contributed by atoms with Crippen molar-refractivity contribution in [2.24, 2.45) is 5.92 Å². The summed E-state index contributed by atoms with van der Waals surface area (Å²) in [4.78, 5) is 28.3. The third kappa shape index (κ3) is 3.22. The number of benzene rings is 1. The average molecular weight is 319 g/mol. The lowest BCUT2D eigenvalue weighted by Crippen LogP contribution is -2.50. The molecule has 2 saturated heterocycles. The molecule has 2 aliphatic heterocycles. The first-order valence-electron chi connectivity index (χ1n) is 8.14. The highest BCUT2D eigenvalue weighted by molar-refractivity contribution is 5.89. The van der Waals surface area contributed by atoms with Gasteiger partial charge in [0.1, 0.15) is 5.82 Å². The van der Waals surface area contributed by atoms with Crippen molar-refractivity contribution in [3.8, 4) is 0 Å². The molecule has 0 aromatic heterocycles. The van der Waals surface area contributed by atoms with Gasteiger partial charge >= 0.3 is 0 Å². The van der Waals surface area contributed by atoms with Crippen LogP contribution in [-0.2, 0) is 9.59 Å². The normalized spacial score (nSPS) is 25.0. The van der Waals surface area contributed by atoms with Gasteiger partial charge < -0.3 is 15.1 Å². The number of nitrogens with one attached hydrogen (secondary N) is 1. The molecular weight excluding hydrogens is 297 g/mol. The van der Waals surface area contributed by atoms with Crippen LogP contribution in [0.15, 0.2) is 24.3 Å². The maximum absolute atomic E-state index is 13.5. The van der Waals surface area contributed by atoms with Crippen molar-refractivity contribution in [3.63, 3.8) is 0 Å². The van der Waals surface area contributed by atoms with E-state index in [2.05, 4.69) is 5.32 Å². The largest absolute Gasteiger partial charge is 0.342 e. The van der Waals surface area contributed by atoms with Crippen LogP contribution in [0, 0.1) is 11.7 Å². The van der Waals surface area contributed by atoms with Crippen LogP contribution in [-0.4, -0.2) is 54.3 Å². The molecule has 2 atom stereocenters. The molecule has 1 aromatic carbocycles. The van der Waals surface area contributed by atoms with E-state index in [1.54, 1.807) is 11.0 Å². The minimum Gasteiger partial charge on any atom is -0.342 e. The topological polar surface area (TPSA) is 52.7 Å². The maximum atomic E-state index is 13.5. The number of hydrogen-bond acceptors (Lipinski definition) is 3. The van der Waals surface area contributed by atoms with Gasteiger partial charge in [-0.25, -0.2) is 4.39 Å². The van der Waals surface area contributed by atoms with Crippen molar-refractivity contribution in [2.75, 3.05) is 32.7 Å². The predicted molar refractivity (Wildman–Crippen MR) is 84.1 cm³/mol. The van der Waals surface area contributed by atoms with Crippen molar-refractivity contribution >= 4 is 11.8 Å². The van der Waals surface area contributed by atoms with Gasteiger partial charge in [0.2, 0.25) is 11.8 Å². The summed E-state index contributed by atoms with van der Waals surface area (Å²) in [6, 6.07) is 6.22. The van der Waals surface area contributed by atoms with Crippen molar-refractivity contribution in [1.82, 2.24) is 15.1 Å². The van der Waals surface area contributed by atoms with E-state index in [0.29, 0.717) is 26.2 Å². The van der Waals surface area contributed by atoms with Crippen molar-refractivity contribution < 1.29 is 14.0 Å². The van der Waals surface area contributed by atoms with Gasteiger partial charge in [-0.1, -0.05) is 12.1 Å². The van der Waals surface area contributed by atoms with Gasteiger partial charge in [0, 0.05) is 39.1 Å². The van der Waals surface area contributed by atoms with Crippen LogP contribution in [0.1, 0.15) is 24.9 Å². The quantitative estimate of drug-likeness (QED) is 0.910. The van der Waals surface area contributed by atoms with E-state index in [1.165, 1.54) is 12.1 Å². The van der Waals surface area contributed by atoms with Gasteiger partial charge in [0.05, 0.1) is 12.0 Å². The van der Waals surface area contributed by atoms with Crippen LogP contribution in [0.4, 0.5) is 4.39 Å². The summed E-state index contributed by atoms with van der Waals surface area (Å²) >= 11 is 0. The Labute approximate surface area is 135 Å². The summed E-state index contributed by atoms with van der Waals surface area (Å²) in [5.41, 5.74) is 0.794. The number of nitrogens with zero attached hydrogens (tertiary/aromatic N) is 2. The first-order valence-corrected chi connectivity index (χ1v) is 8.14. The highest BCUT2D eigenvalue weighted by Gasteiger charge is 2.38. The first-order chi connectivity index (χ1) is 11.1. The van der Waals surface area contributed by atoms with Gasteiger partial charge in [-0.05, 0) is 24.6 Å². The molecule has 2 fully saturated rings. The number of rotatable bonds is 3. The Balaban J connectivity index is 1.79. The minimum atomic E-state index is -0.298. The zero-order valence-electron chi connectivity index (χ0n) is 13.3. The fourth-order valence-electron chi connectivity index (χ4n) is 3.46. The fraction of sp³-hybridized carbons (Fsp3) is 0.529. The lowest BCUT2D eigenvalue weighted by molar-refractivity contribution is -0.139. The molecule has 0 saturated carbocycles. The number of carbonyl (C=O) groups is 2. The molecule has 1 N–H and O–H groups in total. The van der Waals surface area contributed by atoms with Crippen molar-refractivity contribution in [1.29, 1.82) is 0 Å². The second kappa shape index (κ2) is 6.66. The van der Waals surface area contributed by atoms with Crippen molar-refractivity contribution in [2.45, 2.75) is 19.4 Å². The monoisotopic (exact) mass is 319 g/mol. The third-order valence-electron chi connectivity index (χ3n) is 4.71. The van der Waals surface area contributed by atoms with E-state index in [0.717, 1.165) is 12.1 Å². The third-order valence-corrected chi connectivity index (χ3v) is 4.71. The molecule has 0 bridgehead atoms. The van der Waals surface area contributed by atoms with E-state index in [-0.39, 0.29) is 36.0 Å². The van der Waals surface area contributed by atoms with Gasteiger partial charge in [0.25, 0.3) is 0 Å². The number of amides is 2. The summed E-state index contributed by atoms with van der Waals surface area (Å²) in [6.45, 7) is 4.95. The Bertz CT molecular complexity index is 607. The molecule has 2 heterocycles. The van der Waals surface area contributed by atoms with E-state index in [4.69, 9.17) is 0 Å². The zero-order valence-corrected chi connectivity index (χ0v) is 13.3. The molecule has 2 aliphatic rings. The Hall–Kier alpha value is -1.95. The Morgan fingerprint density at radius 2 is 2.26 bits per heavy atom. The van der Waals surface area contributed by atoms with Crippen LogP contribution in [0.3, 0.4) is 0 Å². The molecule has 0 radical (unpaired) electrons. The smallest absolute Gasteiger partial charge is 0.228 e. The number of carbonyl (C=O) groups excluding carboxylic acids is 2. The molecule has 0 aliphatic carbocycles. The number of halogens is 1. The zero-order chi connectivity index (χ0) is 16.4. The average Bonchev–Trinajstić information content (AvgIpc) is 2.95. The van der Waals surface area contributed by atoms with Gasteiger partial charge in [-0.2, -0.15) is 0 Å². The highest BCUT2D eigenvalue weighted by Crippen LogP contribution is 2.27. The summed E-state index contributed by atoms with van der Waals surface area (Å²) in [6.07, 6.45) is 0.284. The van der Waals surface area contributed by atoms with Gasteiger partial charge in [-0.15, -0.1) is 0 Å². The molecule has 0 spiro atoms. The van der Waals surface area contributed by atoms with E-state index in [9.17, 15) is 14.0 Å². The summed E-state index contributed by atoms with van der Waals surface area (Å²) in [7, 11) is 0. The van der Waals surface area contributed by atoms with Gasteiger partial charge in [-0.3, -0.25) is 9.59 Å². The van der Waals surface area contributed by atoms with E-state index < -0.39 is 0 Å². The van der Waals surface area contributed by atoms with Crippen LogP contribution in [0.5, 0.6) is 0 Å². The summed E-state index contributed by atoms with van der Waals surface area (Å²) < 4.78 is 13.5. The van der Waals surface area contributed by atoms with E-state index in [1.807, 2.05) is 17.9 Å². The first kappa shape index (κ1) is 15.9.